The van der Waals surface area contributed by atoms with Crippen LogP contribution in [0.4, 0.5) is 5.95 Å². The lowest BCUT2D eigenvalue weighted by Gasteiger charge is -2.28. The van der Waals surface area contributed by atoms with Crippen LogP contribution in [0, 0.1) is 6.92 Å². The standard InChI is InChI=1S/C22H21ClN6O2S/c1-14-2-5-16(6-3-14)29-21(28-8-10-31-11-9-28)26-27-22(29)32-13-19-24-18-7-4-15(23)12-17(18)20(30)25-19/h2-7,12H,8-11,13H2,1H3,(H,24,25,30). The van der Waals surface area contributed by atoms with Gasteiger partial charge in [-0.05, 0) is 37.3 Å². The van der Waals surface area contributed by atoms with Gasteiger partial charge in [0.15, 0.2) is 5.16 Å². The molecular weight excluding hydrogens is 448 g/mol. The van der Waals surface area contributed by atoms with E-state index in [0.717, 1.165) is 29.9 Å². The van der Waals surface area contributed by atoms with E-state index in [0.29, 0.717) is 40.7 Å². The van der Waals surface area contributed by atoms with Gasteiger partial charge in [0.1, 0.15) is 5.82 Å². The molecule has 0 unspecified atom stereocenters. The van der Waals surface area contributed by atoms with Crippen LogP contribution in [0.15, 0.2) is 52.4 Å². The molecular formula is C22H21ClN6O2S. The minimum atomic E-state index is -0.206. The van der Waals surface area contributed by atoms with Crippen LogP contribution in [-0.4, -0.2) is 51.0 Å². The molecule has 1 fully saturated rings. The number of thioether (sulfide) groups is 1. The summed E-state index contributed by atoms with van der Waals surface area (Å²) in [6.45, 7) is 4.90. The summed E-state index contributed by atoms with van der Waals surface area (Å²) in [4.78, 5) is 22.1. The highest BCUT2D eigenvalue weighted by atomic mass is 35.5. The molecule has 1 aliphatic rings. The third-order valence-electron chi connectivity index (χ3n) is 5.26. The van der Waals surface area contributed by atoms with Crippen molar-refractivity contribution in [3.8, 4) is 5.69 Å². The van der Waals surface area contributed by atoms with E-state index in [1.54, 1.807) is 18.2 Å². The van der Waals surface area contributed by atoms with Gasteiger partial charge in [0.05, 0.1) is 35.6 Å². The van der Waals surface area contributed by atoms with Gasteiger partial charge in [0.2, 0.25) is 5.95 Å². The topological polar surface area (TPSA) is 88.9 Å². The van der Waals surface area contributed by atoms with Gasteiger partial charge in [-0.15, -0.1) is 10.2 Å². The second kappa shape index (κ2) is 8.93. The lowest BCUT2D eigenvalue weighted by Crippen LogP contribution is -2.37. The third-order valence-corrected chi connectivity index (χ3v) is 6.43. The number of hydrogen-bond acceptors (Lipinski definition) is 7. The van der Waals surface area contributed by atoms with Gasteiger partial charge in [0.25, 0.3) is 5.56 Å². The molecule has 10 heteroatoms. The Balaban J connectivity index is 1.47. The first kappa shape index (κ1) is 21.0. The molecule has 0 amide bonds. The second-order valence-electron chi connectivity index (χ2n) is 7.52. The zero-order valence-electron chi connectivity index (χ0n) is 17.4. The highest BCUT2D eigenvalue weighted by Crippen LogP contribution is 2.29. The summed E-state index contributed by atoms with van der Waals surface area (Å²) in [5.74, 6) is 1.80. The normalized spacial score (nSPS) is 14.2. The molecule has 1 saturated heterocycles. The number of morpholine rings is 1. The maximum Gasteiger partial charge on any atom is 0.258 e. The molecule has 32 heavy (non-hydrogen) atoms. The van der Waals surface area contributed by atoms with Crippen molar-refractivity contribution >= 4 is 40.2 Å². The Morgan fingerprint density at radius 3 is 2.69 bits per heavy atom. The number of fused-ring (bicyclic) bond motifs is 1. The quantitative estimate of drug-likeness (QED) is 0.447. The Hall–Kier alpha value is -2.88. The number of nitrogens with one attached hydrogen (secondary N) is 1. The first-order valence-corrected chi connectivity index (χ1v) is 11.6. The van der Waals surface area contributed by atoms with Crippen LogP contribution in [0.1, 0.15) is 11.4 Å². The predicted octanol–water partition coefficient (Wildman–Crippen LogP) is 3.59. The summed E-state index contributed by atoms with van der Waals surface area (Å²) < 4.78 is 7.54. The minimum absolute atomic E-state index is 0.206. The Labute approximate surface area is 193 Å². The summed E-state index contributed by atoms with van der Waals surface area (Å²) >= 11 is 7.49. The number of benzene rings is 2. The number of anilines is 1. The minimum Gasteiger partial charge on any atom is -0.378 e. The highest BCUT2D eigenvalue weighted by Gasteiger charge is 2.22. The summed E-state index contributed by atoms with van der Waals surface area (Å²) in [6, 6.07) is 13.4. The van der Waals surface area contributed by atoms with Gasteiger partial charge in [-0.25, -0.2) is 4.98 Å². The Bertz CT molecular complexity index is 1310. The van der Waals surface area contributed by atoms with Gasteiger partial charge in [-0.3, -0.25) is 9.36 Å². The number of aryl methyl sites for hydroxylation is 1. The molecule has 0 spiro atoms. The van der Waals surface area contributed by atoms with E-state index in [1.165, 1.54) is 17.3 Å². The number of H-pyrrole nitrogens is 1. The molecule has 5 rings (SSSR count). The van der Waals surface area contributed by atoms with E-state index < -0.39 is 0 Å². The molecule has 0 saturated carbocycles. The number of aromatic nitrogens is 5. The zero-order valence-corrected chi connectivity index (χ0v) is 19.0. The van der Waals surface area contributed by atoms with Crippen molar-refractivity contribution in [2.75, 3.05) is 31.2 Å². The fourth-order valence-corrected chi connectivity index (χ4v) is 4.59. The SMILES string of the molecule is Cc1ccc(-n2c(SCc3nc4ccc(Cl)cc4c(=O)[nH]3)nnc2N2CCOCC2)cc1. The fraction of sp³-hybridized carbons (Fsp3) is 0.273. The third kappa shape index (κ3) is 4.23. The molecule has 2 aromatic carbocycles. The highest BCUT2D eigenvalue weighted by molar-refractivity contribution is 7.98. The molecule has 8 nitrogen and oxygen atoms in total. The lowest BCUT2D eigenvalue weighted by molar-refractivity contribution is 0.122. The zero-order chi connectivity index (χ0) is 22.1. The average Bonchev–Trinajstić information content (AvgIpc) is 3.23. The van der Waals surface area contributed by atoms with Crippen LogP contribution in [-0.2, 0) is 10.5 Å². The van der Waals surface area contributed by atoms with Crippen LogP contribution < -0.4 is 10.5 Å². The number of rotatable bonds is 5. The molecule has 0 aliphatic carbocycles. The van der Waals surface area contributed by atoms with Crippen LogP contribution in [0.3, 0.4) is 0 Å². The summed E-state index contributed by atoms with van der Waals surface area (Å²) in [5.41, 5.74) is 2.58. The average molecular weight is 469 g/mol. The van der Waals surface area contributed by atoms with Crippen LogP contribution in [0.2, 0.25) is 5.02 Å². The van der Waals surface area contributed by atoms with E-state index in [4.69, 9.17) is 16.3 Å². The number of halogens is 1. The monoisotopic (exact) mass is 468 g/mol. The Morgan fingerprint density at radius 1 is 1.12 bits per heavy atom. The van der Waals surface area contributed by atoms with E-state index in [-0.39, 0.29) is 5.56 Å². The molecule has 2 aromatic heterocycles. The van der Waals surface area contributed by atoms with Crippen molar-refractivity contribution in [1.82, 2.24) is 24.7 Å². The van der Waals surface area contributed by atoms with Crippen molar-refractivity contribution in [1.29, 1.82) is 0 Å². The molecule has 0 atom stereocenters. The number of hydrogen-bond donors (Lipinski definition) is 1. The molecule has 1 aliphatic heterocycles. The lowest BCUT2D eigenvalue weighted by atomic mass is 10.2. The van der Waals surface area contributed by atoms with Crippen LogP contribution in [0.25, 0.3) is 16.6 Å². The molecule has 1 N–H and O–H groups in total. The number of nitrogens with zero attached hydrogens (tertiary/aromatic N) is 5. The smallest absolute Gasteiger partial charge is 0.258 e. The van der Waals surface area contributed by atoms with E-state index in [1.807, 2.05) is 4.57 Å². The van der Waals surface area contributed by atoms with E-state index in [9.17, 15) is 4.79 Å². The van der Waals surface area contributed by atoms with Gasteiger partial charge >= 0.3 is 0 Å². The predicted molar refractivity (Wildman–Crippen MR) is 126 cm³/mol. The Morgan fingerprint density at radius 2 is 1.91 bits per heavy atom. The molecule has 3 heterocycles. The van der Waals surface area contributed by atoms with Gasteiger partial charge < -0.3 is 14.6 Å². The molecule has 0 bridgehead atoms. The maximum absolute atomic E-state index is 12.5. The van der Waals surface area contributed by atoms with Crippen molar-refractivity contribution in [2.24, 2.45) is 0 Å². The van der Waals surface area contributed by atoms with E-state index >= 15 is 0 Å². The summed E-state index contributed by atoms with van der Waals surface area (Å²) in [7, 11) is 0. The van der Waals surface area contributed by atoms with Crippen LogP contribution in [0.5, 0.6) is 0 Å². The van der Waals surface area contributed by atoms with Gasteiger partial charge in [-0.1, -0.05) is 41.1 Å². The first-order valence-electron chi connectivity index (χ1n) is 10.2. The van der Waals surface area contributed by atoms with Crippen molar-refractivity contribution in [2.45, 2.75) is 17.8 Å². The van der Waals surface area contributed by atoms with Gasteiger partial charge in [-0.2, -0.15) is 0 Å². The van der Waals surface area contributed by atoms with Crippen molar-refractivity contribution in [3.63, 3.8) is 0 Å². The maximum atomic E-state index is 12.5. The summed E-state index contributed by atoms with van der Waals surface area (Å²) in [6.07, 6.45) is 0. The largest absolute Gasteiger partial charge is 0.378 e. The Kier molecular flexibility index (Phi) is 5.86. The first-order chi connectivity index (χ1) is 15.6. The second-order valence-corrected chi connectivity index (χ2v) is 8.89. The molecule has 4 aromatic rings. The molecule has 0 radical (unpaired) electrons. The fourth-order valence-electron chi connectivity index (χ4n) is 3.60. The van der Waals surface area contributed by atoms with E-state index in [2.05, 4.69) is 56.3 Å². The van der Waals surface area contributed by atoms with Crippen molar-refractivity contribution < 1.29 is 4.74 Å². The van der Waals surface area contributed by atoms with Crippen LogP contribution >= 0.6 is 23.4 Å². The number of aromatic amines is 1. The molecule has 164 valence electrons. The van der Waals surface area contributed by atoms with Gasteiger partial charge in [0, 0.05) is 18.1 Å². The van der Waals surface area contributed by atoms with Crippen molar-refractivity contribution in [3.05, 3.63) is 69.2 Å². The number of ether oxygens (including phenoxy) is 1. The summed E-state index contributed by atoms with van der Waals surface area (Å²) in [5, 5.41) is 10.7.